The molecule has 5 heteroatoms. The first-order valence-corrected chi connectivity index (χ1v) is 5.78. The molecular weight excluding hydrogens is 259 g/mol. The summed E-state index contributed by atoms with van der Waals surface area (Å²) >= 11 is 0. The highest BCUT2D eigenvalue weighted by Crippen LogP contribution is 2.16. The highest BCUT2D eigenvalue weighted by molar-refractivity contribution is 6.04. The summed E-state index contributed by atoms with van der Waals surface area (Å²) in [4.78, 5) is 12.0. The second kappa shape index (κ2) is 5.85. The number of nitrogens with one attached hydrogen (secondary N) is 1. The Morgan fingerprint density at radius 2 is 1.95 bits per heavy atom. The zero-order chi connectivity index (χ0) is 14.5. The lowest BCUT2D eigenvalue weighted by atomic mass is 10.1. The lowest BCUT2D eigenvalue weighted by molar-refractivity contribution is 0.102. The van der Waals surface area contributed by atoms with Crippen molar-refractivity contribution in [3.8, 4) is 11.8 Å². The molecule has 1 N–H and O–H groups in total. The maximum absolute atomic E-state index is 13.3. The van der Waals surface area contributed by atoms with Gasteiger partial charge in [-0.05, 0) is 42.5 Å². The summed E-state index contributed by atoms with van der Waals surface area (Å²) < 4.78 is 18.3. The van der Waals surface area contributed by atoms with Crippen molar-refractivity contribution in [3.05, 3.63) is 59.4 Å². The average molecular weight is 270 g/mol. The van der Waals surface area contributed by atoms with Crippen LogP contribution >= 0.6 is 0 Å². The van der Waals surface area contributed by atoms with Gasteiger partial charge in [0.25, 0.3) is 5.91 Å². The Morgan fingerprint density at radius 1 is 1.25 bits per heavy atom. The van der Waals surface area contributed by atoms with Crippen LogP contribution in [-0.2, 0) is 0 Å². The molecule has 1 amide bonds. The van der Waals surface area contributed by atoms with Crippen molar-refractivity contribution in [1.29, 1.82) is 5.26 Å². The van der Waals surface area contributed by atoms with E-state index in [0.29, 0.717) is 11.4 Å². The van der Waals surface area contributed by atoms with Crippen LogP contribution in [-0.4, -0.2) is 13.0 Å². The van der Waals surface area contributed by atoms with Crippen molar-refractivity contribution < 1.29 is 13.9 Å². The summed E-state index contributed by atoms with van der Waals surface area (Å²) in [6.45, 7) is 0. The predicted octanol–water partition coefficient (Wildman–Crippen LogP) is 2.96. The van der Waals surface area contributed by atoms with Gasteiger partial charge in [-0.2, -0.15) is 5.26 Å². The van der Waals surface area contributed by atoms with Gasteiger partial charge >= 0.3 is 0 Å². The topological polar surface area (TPSA) is 62.1 Å². The van der Waals surface area contributed by atoms with Gasteiger partial charge in [0.1, 0.15) is 11.6 Å². The maximum Gasteiger partial charge on any atom is 0.255 e. The first-order chi connectivity index (χ1) is 9.62. The van der Waals surface area contributed by atoms with Crippen molar-refractivity contribution in [3.63, 3.8) is 0 Å². The first-order valence-electron chi connectivity index (χ1n) is 5.78. The van der Waals surface area contributed by atoms with Crippen LogP contribution < -0.4 is 10.1 Å². The van der Waals surface area contributed by atoms with Gasteiger partial charge in [0.2, 0.25) is 0 Å². The standard InChI is InChI=1S/C15H11FN2O2/c1-20-14-4-2-13(3-5-14)18-15(19)11-6-10(9-17)7-12(16)8-11/h2-8H,1H3,(H,18,19). The van der Waals surface area contributed by atoms with Gasteiger partial charge in [0, 0.05) is 11.3 Å². The van der Waals surface area contributed by atoms with Crippen LogP contribution in [0.2, 0.25) is 0 Å². The Balaban J connectivity index is 2.19. The van der Waals surface area contributed by atoms with E-state index in [0.717, 1.165) is 12.1 Å². The van der Waals surface area contributed by atoms with Crippen LogP contribution in [0.3, 0.4) is 0 Å². The van der Waals surface area contributed by atoms with E-state index in [2.05, 4.69) is 5.32 Å². The van der Waals surface area contributed by atoms with Gasteiger partial charge in [-0.25, -0.2) is 4.39 Å². The summed E-state index contributed by atoms with van der Waals surface area (Å²) in [6.07, 6.45) is 0. The number of nitrogens with zero attached hydrogens (tertiary/aromatic N) is 1. The number of halogens is 1. The SMILES string of the molecule is COc1ccc(NC(=O)c2cc(F)cc(C#N)c2)cc1. The Kier molecular flexibility index (Phi) is 3.96. The summed E-state index contributed by atoms with van der Waals surface area (Å²) in [6, 6.07) is 12.0. The Labute approximate surface area is 115 Å². The second-order valence-corrected chi connectivity index (χ2v) is 4.02. The number of ether oxygens (including phenoxy) is 1. The molecule has 0 spiro atoms. The molecule has 4 nitrogen and oxygen atoms in total. The molecule has 2 aromatic carbocycles. The third-order valence-corrected chi connectivity index (χ3v) is 2.64. The molecule has 0 unspecified atom stereocenters. The number of rotatable bonds is 3. The number of carbonyl (C=O) groups is 1. The van der Waals surface area contributed by atoms with E-state index in [4.69, 9.17) is 10.00 Å². The van der Waals surface area contributed by atoms with E-state index in [1.54, 1.807) is 37.4 Å². The van der Waals surface area contributed by atoms with Crippen LogP contribution in [0.25, 0.3) is 0 Å². The van der Waals surface area contributed by atoms with Gasteiger partial charge in [-0.1, -0.05) is 0 Å². The number of anilines is 1. The number of benzene rings is 2. The quantitative estimate of drug-likeness (QED) is 0.932. The Hall–Kier alpha value is -2.87. The molecule has 0 aliphatic heterocycles. The van der Waals surface area contributed by atoms with Crippen LogP contribution in [0.1, 0.15) is 15.9 Å². The number of hydrogen-bond donors (Lipinski definition) is 1. The van der Waals surface area contributed by atoms with Gasteiger partial charge < -0.3 is 10.1 Å². The van der Waals surface area contributed by atoms with E-state index in [9.17, 15) is 9.18 Å². The highest BCUT2D eigenvalue weighted by Gasteiger charge is 2.09. The molecule has 2 aromatic rings. The molecule has 0 fully saturated rings. The van der Waals surface area contributed by atoms with Crippen molar-refractivity contribution in [2.45, 2.75) is 0 Å². The molecular formula is C15H11FN2O2. The molecule has 100 valence electrons. The van der Waals surface area contributed by atoms with Crippen molar-refractivity contribution in [2.75, 3.05) is 12.4 Å². The van der Waals surface area contributed by atoms with E-state index in [1.165, 1.54) is 6.07 Å². The first kappa shape index (κ1) is 13.6. The number of nitriles is 1. The van der Waals surface area contributed by atoms with Crippen LogP contribution in [0.4, 0.5) is 10.1 Å². The maximum atomic E-state index is 13.3. The molecule has 0 bridgehead atoms. The lowest BCUT2D eigenvalue weighted by Gasteiger charge is -2.06. The number of carbonyl (C=O) groups excluding carboxylic acids is 1. The Morgan fingerprint density at radius 3 is 2.55 bits per heavy atom. The van der Waals surface area contributed by atoms with Gasteiger partial charge in [0.15, 0.2) is 0 Å². The minimum absolute atomic E-state index is 0.0948. The monoisotopic (exact) mass is 270 g/mol. The van der Waals surface area contributed by atoms with Gasteiger partial charge in [0.05, 0.1) is 18.7 Å². The van der Waals surface area contributed by atoms with E-state index >= 15 is 0 Å². The molecule has 0 saturated carbocycles. The second-order valence-electron chi connectivity index (χ2n) is 4.02. The zero-order valence-corrected chi connectivity index (χ0v) is 10.7. The molecule has 0 heterocycles. The summed E-state index contributed by atoms with van der Waals surface area (Å²) in [7, 11) is 1.55. The average Bonchev–Trinajstić information content (AvgIpc) is 2.47. The largest absolute Gasteiger partial charge is 0.497 e. The third-order valence-electron chi connectivity index (χ3n) is 2.64. The van der Waals surface area contributed by atoms with Gasteiger partial charge in [-0.15, -0.1) is 0 Å². The Bertz CT molecular complexity index is 675. The van der Waals surface area contributed by atoms with Crippen molar-refractivity contribution in [1.82, 2.24) is 0 Å². The molecule has 0 radical (unpaired) electrons. The molecule has 0 aliphatic rings. The highest BCUT2D eigenvalue weighted by atomic mass is 19.1. The zero-order valence-electron chi connectivity index (χ0n) is 10.7. The van der Waals surface area contributed by atoms with Crippen LogP contribution in [0.5, 0.6) is 5.75 Å². The van der Waals surface area contributed by atoms with E-state index in [1.807, 2.05) is 0 Å². The lowest BCUT2D eigenvalue weighted by Crippen LogP contribution is -2.12. The molecule has 0 aromatic heterocycles. The number of methoxy groups -OCH3 is 1. The minimum atomic E-state index is -0.621. The molecule has 0 aliphatic carbocycles. The van der Waals surface area contributed by atoms with Crippen molar-refractivity contribution >= 4 is 11.6 Å². The van der Waals surface area contributed by atoms with Crippen LogP contribution in [0, 0.1) is 17.1 Å². The third kappa shape index (κ3) is 3.12. The molecule has 2 rings (SSSR count). The number of amides is 1. The van der Waals surface area contributed by atoms with E-state index < -0.39 is 11.7 Å². The van der Waals surface area contributed by atoms with Crippen LogP contribution in [0.15, 0.2) is 42.5 Å². The normalized spacial score (nSPS) is 9.65. The fraction of sp³-hybridized carbons (Fsp3) is 0.0667. The summed E-state index contributed by atoms with van der Waals surface area (Å²) in [5.41, 5.74) is 0.751. The fourth-order valence-electron chi connectivity index (χ4n) is 1.66. The van der Waals surface area contributed by atoms with E-state index in [-0.39, 0.29) is 11.1 Å². The smallest absolute Gasteiger partial charge is 0.255 e. The number of hydrogen-bond acceptors (Lipinski definition) is 3. The fourth-order valence-corrected chi connectivity index (χ4v) is 1.66. The minimum Gasteiger partial charge on any atom is -0.497 e. The summed E-state index contributed by atoms with van der Waals surface area (Å²) in [5, 5.41) is 11.4. The van der Waals surface area contributed by atoms with Gasteiger partial charge in [-0.3, -0.25) is 4.79 Å². The molecule has 0 atom stereocenters. The summed E-state index contributed by atoms with van der Waals surface area (Å²) in [5.74, 6) is -0.435. The predicted molar refractivity (Wildman–Crippen MR) is 72.1 cm³/mol. The van der Waals surface area contributed by atoms with Crippen molar-refractivity contribution in [2.24, 2.45) is 0 Å². The molecule has 0 saturated heterocycles. The molecule has 20 heavy (non-hydrogen) atoms.